The molecule has 4 nitrogen and oxygen atoms in total. The van der Waals surface area contributed by atoms with Crippen molar-refractivity contribution in [3.8, 4) is 0 Å². The van der Waals surface area contributed by atoms with E-state index in [2.05, 4.69) is 4.98 Å². The lowest BCUT2D eigenvalue weighted by Crippen LogP contribution is -2.00. The third-order valence-electron chi connectivity index (χ3n) is 1.80. The number of benzene rings is 1. The predicted octanol–water partition coefficient (Wildman–Crippen LogP) is 1.91. The van der Waals surface area contributed by atoms with Crippen LogP contribution < -0.4 is 5.73 Å². The van der Waals surface area contributed by atoms with Crippen LogP contribution in [0.5, 0.6) is 0 Å². The Morgan fingerprint density at radius 1 is 1.25 bits per heavy atom. The van der Waals surface area contributed by atoms with E-state index in [1.165, 1.54) is 0 Å². The van der Waals surface area contributed by atoms with Crippen molar-refractivity contribution in [3.63, 3.8) is 0 Å². The second-order valence-corrected chi connectivity index (χ2v) is 3.20. The van der Waals surface area contributed by atoms with E-state index in [-0.39, 0.29) is 6.42 Å². The first-order valence-electron chi connectivity index (χ1n) is 4.82. The average Bonchev–Trinajstić information content (AvgIpc) is 2.73. The second-order valence-electron chi connectivity index (χ2n) is 3.20. The summed E-state index contributed by atoms with van der Waals surface area (Å²) in [6.07, 6.45) is 3.78. The predicted molar refractivity (Wildman–Crippen MR) is 63.0 cm³/mol. The summed E-state index contributed by atoms with van der Waals surface area (Å²) in [5.41, 5.74) is 6.78. The molecule has 0 atom stereocenters. The maximum Gasteiger partial charge on any atom is 0.307 e. The number of nitrogen functional groups attached to an aromatic ring is 1. The molecule has 1 aromatic carbocycles. The fourth-order valence-electron chi connectivity index (χ4n) is 1.16. The Labute approximate surface area is 93.7 Å². The van der Waals surface area contributed by atoms with E-state index in [4.69, 9.17) is 10.8 Å². The summed E-state index contributed by atoms with van der Waals surface area (Å²) in [6, 6.07) is 10.8. The van der Waals surface area contributed by atoms with E-state index in [1.54, 1.807) is 24.3 Å². The molecule has 0 aliphatic heterocycles. The molecule has 4 heteroatoms. The van der Waals surface area contributed by atoms with Gasteiger partial charge in [-0.3, -0.25) is 4.79 Å². The molecule has 0 saturated carbocycles. The van der Waals surface area contributed by atoms with Crippen LogP contribution in [-0.2, 0) is 11.2 Å². The Hall–Kier alpha value is -2.23. The Balaban J connectivity index is 0.000000212. The van der Waals surface area contributed by atoms with Gasteiger partial charge in [-0.15, -0.1) is 0 Å². The normalized spacial score (nSPS) is 9.00. The number of hydrogen-bond acceptors (Lipinski definition) is 2. The monoisotopic (exact) mass is 218 g/mol. The van der Waals surface area contributed by atoms with Gasteiger partial charge in [0.15, 0.2) is 0 Å². The summed E-state index contributed by atoms with van der Waals surface area (Å²) < 4.78 is 0. The van der Waals surface area contributed by atoms with Crippen LogP contribution in [0.2, 0.25) is 0 Å². The van der Waals surface area contributed by atoms with Crippen molar-refractivity contribution in [2.75, 3.05) is 5.73 Å². The number of nitrogens with two attached hydrogens (primary N) is 1. The first-order valence-corrected chi connectivity index (χ1v) is 4.82. The van der Waals surface area contributed by atoms with Gasteiger partial charge in [-0.05, 0) is 29.8 Å². The van der Waals surface area contributed by atoms with Crippen LogP contribution in [-0.4, -0.2) is 16.1 Å². The summed E-state index contributed by atoms with van der Waals surface area (Å²) in [5, 5.41) is 8.42. The molecule has 1 aromatic heterocycles. The van der Waals surface area contributed by atoms with Gasteiger partial charge in [0.2, 0.25) is 0 Å². The molecule has 0 amide bonds. The first kappa shape index (κ1) is 11.8. The molecule has 0 radical (unpaired) electrons. The quantitative estimate of drug-likeness (QED) is 0.673. The molecular formula is C12H14N2O2. The van der Waals surface area contributed by atoms with Crippen molar-refractivity contribution in [1.82, 2.24) is 4.98 Å². The van der Waals surface area contributed by atoms with Crippen LogP contribution >= 0.6 is 0 Å². The molecule has 0 spiro atoms. The number of nitrogens with one attached hydrogen (secondary N) is 1. The minimum Gasteiger partial charge on any atom is -0.481 e. The van der Waals surface area contributed by atoms with Crippen molar-refractivity contribution < 1.29 is 9.90 Å². The number of carboxylic acid groups (broad SMARTS) is 1. The molecule has 1 heterocycles. The third-order valence-corrected chi connectivity index (χ3v) is 1.80. The highest BCUT2D eigenvalue weighted by atomic mass is 16.4. The summed E-state index contributed by atoms with van der Waals surface area (Å²) in [7, 11) is 0. The highest BCUT2D eigenvalue weighted by molar-refractivity contribution is 5.70. The van der Waals surface area contributed by atoms with Gasteiger partial charge in [-0.2, -0.15) is 0 Å². The lowest BCUT2D eigenvalue weighted by atomic mass is 10.1. The minimum absolute atomic E-state index is 0.0328. The van der Waals surface area contributed by atoms with E-state index in [1.807, 2.05) is 24.5 Å². The van der Waals surface area contributed by atoms with Crippen LogP contribution in [0, 0.1) is 0 Å². The zero-order valence-corrected chi connectivity index (χ0v) is 8.76. The number of H-pyrrole nitrogens is 1. The number of hydrogen-bond donors (Lipinski definition) is 3. The number of anilines is 1. The number of carboxylic acids is 1. The van der Waals surface area contributed by atoms with Crippen LogP contribution in [0.4, 0.5) is 5.69 Å². The molecule has 16 heavy (non-hydrogen) atoms. The van der Waals surface area contributed by atoms with Gasteiger partial charge in [-0.25, -0.2) is 0 Å². The Bertz CT molecular complexity index is 407. The molecular weight excluding hydrogens is 204 g/mol. The summed E-state index contributed by atoms with van der Waals surface area (Å²) in [6.45, 7) is 0. The molecule has 0 fully saturated rings. The maximum atomic E-state index is 10.2. The molecule has 4 N–H and O–H groups in total. The Morgan fingerprint density at radius 2 is 1.94 bits per heavy atom. The van der Waals surface area contributed by atoms with Crippen molar-refractivity contribution in [1.29, 1.82) is 0 Å². The van der Waals surface area contributed by atoms with Crippen LogP contribution in [0.25, 0.3) is 0 Å². The van der Waals surface area contributed by atoms with Crippen LogP contribution in [0.3, 0.4) is 0 Å². The SMILES string of the molecule is Nc1cccc(CC(=O)O)c1.c1cc[nH]c1. The zero-order chi connectivity index (χ0) is 11.8. The second kappa shape index (κ2) is 6.29. The molecule has 2 rings (SSSR count). The highest BCUT2D eigenvalue weighted by Gasteiger charge is 1.98. The number of aromatic nitrogens is 1. The lowest BCUT2D eigenvalue weighted by molar-refractivity contribution is -0.136. The summed E-state index contributed by atoms with van der Waals surface area (Å²) >= 11 is 0. The van der Waals surface area contributed by atoms with Crippen molar-refractivity contribution in [2.24, 2.45) is 0 Å². The first-order chi connectivity index (χ1) is 7.68. The minimum atomic E-state index is -0.837. The van der Waals surface area contributed by atoms with Gasteiger partial charge in [-0.1, -0.05) is 12.1 Å². The number of aliphatic carboxylic acids is 1. The molecule has 84 valence electrons. The van der Waals surface area contributed by atoms with Crippen molar-refractivity contribution >= 4 is 11.7 Å². The van der Waals surface area contributed by atoms with Gasteiger partial charge < -0.3 is 15.8 Å². The molecule has 2 aromatic rings. The van der Waals surface area contributed by atoms with Crippen LogP contribution in [0.15, 0.2) is 48.8 Å². The number of aromatic amines is 1. The van der Waals surface area contributed by atoms with Gasteiger partial charge in [0.1, 0.15) is 0 Å². The molecule has 0 bridgehead atoms. The van der Waals surface area contributed by atoms with E-state index < -0.39 is 5.97 Å². The van der Waals surface area contributed by atoms with Crippen molar-refractivity contribution in [3.05, 3.63) is 54.4 Å². The number of carbonyl (C=O) groups is 1. The summed E-state index contributed by atoms with van der Waals surface area (Å²) in [4.78, 5) is 13.1. The maximum absolute atomic E-state index is 10.2. The van der Waals surface area contributed by atoms with E-state index in [0.717, 1.165) is 5.56 Å². The smallest absolute Gasteiger partial charge is 0.307 e. The molecule has 0 aliphatic rings. The van der Waals surface area contributed by atoms with Gasteiger partial charge in [0, 0.05) is 18.1 Å². The van der Waals surface area contributed by atoms with E-state index in [0.29, 0.717) is 5.69 Å². The largest absolute Gasteiger partial charge is 0.481 e. The Kier molecular flexibility index (Phi) is 4.66. The summed E-state index contributed by atoms with van der Waals surface area (Å²) in [5.74, 6) is -0.837. The third kappa shape index (κ3) is 4.85. The standard InChI is InChI=1S/C8H9NO2.C4H5N/c9-7-3-1-2-6(4-7)5-8(10)11;1-2-4-5-3-1/h1-4H,5,9H2,(H,10,11);1-5H. The lowest BCUT2D eigenvalue weighted by Gasteiger charge is -1.96. The van der Waals surface area contributed by atoms with Gasteiger partial charge in [0.05, 0.1) is 6.42 Å². The fourth-order valence-corrected chi connectivity index (χ4v) is 1.16. The zero-order valence-electron chi connectivity index (χ0n) is 8.76. The van der Waals surface area contributed by atoms with Gasteiger partial charge >= 0.3 is 5.97 Å². The van der Waals surface area contributed by atoms with E-state index >= 15 is 0 Å². The van der Waals surface area contributed by atoms with Crippen molar-refractivity contribution in [2.45, 2.75) is 6.42 Å². The van der Waals surface area contributed by atoms with Crippen LogP contribution in [0.1, 0.15) is 5.56 Å². The Morgan fingerprint density at radius 3 is 2.38 bits per heavy atom. The number of rotatable bonds is 2. The highest BCUT2D eigenvalue weighted by Crippen LogP contribution is 2.06. The molecule has 0 aliphatic carbocycles. The fraction of sp³-hybridized carbons (Fsp3) is 0.0833. The molecule has 0 unspecified atom stereocenters. The average molecular weight is 218 g/mol. The topological polar surface area (TPSA) is 79.1 Å². The molecule has 0 saturated heterocycles. The van der Waals surface area contributed by atoms with E-state index in [9.17, 15) is 4.79 Å². The van der Waals surface area contributed by atoms with Gasteiger partial charge in [0.25, 0.3) is 0 Å².